The molecule has 0 aromatic carbocycles. The molecule has 0 spiro atoms. The number of halogens is 2. The van der Waals surface area contributed by atoms with E-state index in [4.69, 9.17) is 14.2 Å². The minimum Gasteiger partial charge on any atom is -0.473 e. The summed E-state index contributed by atoms with van der Waals surface area (Å²) < 4.78 is 44.7. The van der Waals surface area contributed by atoms with E-state index in [9.17, 15) is 18.8 Å². The van der Waals surface area contributed by atoms with Crippen LogP contribution in [0.3, 0.4) is 0 Å². The van der Waals surface area contributed by atoms with Gasteiger partial charge in [-0.05, 0) is 52.5 Å². The van der Waals surface area contributed by atoms with Crippen LogP contribution < -0.4 is 20.7 Å². The summed E-state index contributed by atoms with van der Waals surface area (Å²) in [5.74, 6) is -1.55. The van der Waals surface area contributed by atoms with Gasteiger partial charge in [0.25, 0.3) is 5.88 Å². The molecular formula is C25H32F2N6O4. The zero-order chi connectivity index (χ0) is 27.2. The van der Waals surface area contributed by atoms with Gasteiger partial charge in [0.05, 0.1) is 30.1 Å². The van der Waals surface area contributed by atoms with Crippen LogP contribution in [0, 0.1) is 28.9 Å². The molecule has 2 aromatic heterocycles. The van der Waals surface area contributed by atoms with Gasteiger partial charge in [0, 0.05) is 19.2 Å². The Balaban J connectivity index is 1.78. The molecule has 2 atom stereocenters. The quantitative estimate of drug-likeness (QED) is 0.368. The van der Waals surface area contributed by atoms with E-state index < -0.39 is 29.4 Å². The molecule has 1 saturated carbocycles. The van der Waals surface area contributed by atoms with E-state index in [2.05, 4.69) is 25.9 Å². The first kappa shape index (κ1) is 27.9. The predicted molar refractivity (Wildman–Crippen MR) is 133 cm³/mol. The maximum Gasteiger partial charge on any atom is 0.407 e. The first-order chi connectivity index (χ1) is 17.5. The molecule has 10 nitrogen and oxygen atoms in total. The first-order valence-electron chi connectivity index (χ1n) is 11.9. The lowest BCUT2D eigenvalue weighted by Gasteiger charge is -2.28. The van der Waals surface area contributed by atoms with Gasteiger partial charge in [0.2, 0.25) is 0 Å². The van der Waals surface area contributed by atoms with Gasteiger partial charge in [-0.1, -0.05) is 0 Å². The van der Waals surface area contributed by atoms with Gasteiger partial charge >= 0.3 is 6.09 Å². The fourth-order valence-corrected chi connectivity index (χ4v) is 3.58. The van der Waals surface area contributed by atoms with Crippen molar-refractivity contribution in [1.82, 2.24) is 15.3 Å². The molecule has 2 aromatic rings. The number of nitrogens with zero attached hydrogens (tertiary/aromatic N) is 3. The maximum atomic E-state index is 14.9. The van der Waals surface area contributed by atoms with Crippen LogP contribution in [0.4, 0.5) is 30.9 Å². The number of nitrogens with one attached hydrogen (secondary N) is 3. The molecule has 1 fully saturated rings. The SMILES string of the molecule is COCCOc1ncc(Nc2nc(N[C@H](C3CC3)[C@H](C)NC(=O)OC(C)(C)C)c(F)cc2C#N)cc1F. The number of carbonyl (C=O) groups is 1. The Morgan fingerprint density at radius 1 is 1.22 bits per heavy atom. The zero-order valence-electron chi connectivity index (χ0n) is 21.5. The average Bonchev–Trinajstić information content (AvgIpc) is 3.64. The molecule has 1 amide bonds. The van der Waals surface area contributed by atoms with E-state index in [1.54, 1.807) is 27.7 Å². The van der Waals surface area contributed by atoms with Crippen molar-refractivity contribution in [3.63, 3.8) is 0 Å². The van der Waals surface area contributed by atoms with Gasteiger partial charge < -0.3 is 30.2 Å². The van der Waals surface area contributed by atoms with Crippen molar-refractivity contribution in [3.05, 3.63) is 35.5 Å². The van der Waals surface area contributed by atoms with Crippen LogP contribution >= 0.6 is 0 Å². The predicted octanol–water partition coefficient (Wildman–Crippen LogP) is 4.50. The highest BCUT2D eigenvalue weighted by molar-refractivity contribution is 5.68. The van der Waals surface area contributed by atoms with Crippen LogP contribution in [0.5, 0.6) is 5.88 Å². The normalized spacial score (nSPS) is 14.8. The molecule has 0 aliphatic heterocycles. The fraction of sp³-hybridized carbons (Fsp3) is 0.520. The van der Waals surface area contributed by atoms with Crippen LogP contribution in [-0.4, -0.2) is 54.1 Å². The van der Waals surface area contributed by atoms with Gasteiger partial charge in [-0.15, -0.1) is 0 Å². The number of alkyl carbamates (subject to hydrolysis) is 1. The number of hydrogen-bond acceptors (Lipinski definition) is 9. The van der Waals surface area contributed by atoms with Crippen molar-refractivity contribution in [3.8, 4) is 11.9 Å². The molecule has 0 radical (unpaired) electrons. The summed E-state index contributed by atoms with van der Waals surface area (Å²) in [6.07, 6.45) is 2.55. The number of ether oxygens (including phenoxy) is 3. The summed E-state index contributed by atoms with van der Waals surface area (Å²) in [5, 5.41) is 18.2. The molecule has 1 aliphatic rings. The molecule has 0 saturated heterocycles. The van der Waals surface area contributed by atoms with Gasteiger partial charge in [0.1, 0.15) is 18.3 Å². The van der Waals surface area contributed by atoms with E-state index in [0.29, 0.717) is 0 Å². The van der Waals surface area contributed by atoms with E-state index in [1.807, 2.05) is 6.07 Å². The Labute approximate surface area is 214 Å². The minimum atomic E-state index is -0.733. The Morgan fingerprint density at radius 2 is 1.95 bits per heavy atom. The molecule has 0 bridgehead atoms. The highest BCUT2D eigenvalue weighted by atomic mass is 19.1. The summed E-state index contributed by atoms with van der Waals surface area (Å²) in [5.41, 5.74) is -0.542. The molecule has 3 rings (SSSR count). The number of nitriles is 1. The lowest BCUT2D eigenvalue weighted by Crippen LogP contribution is -2.47. The molecule has 12 heteroatoms. The van der Waals surface area contributed by atoms with Crippen LogP contribution in [0.2, 0.25) is 0 Å². The summed E-state index contributed by atoms with van der Waals surface area (Å²) >= 11 is 0. The summed E-state index contributed by atoms with van der Waals surface area (Å²) in [4.78, 5) is 20.4. The second-order valence-corrected chi connectivity index (χ2v) is 9.75. The third-order valence-electron chi connectivity index (χ3n) is 5.41. The third-order valence-corrected chi connectivity index (χ3v) is 5.41. The Bertz CT molecular complexity index is 1150. The summed E-state index contributed by atoms with van der Waals surface area (Å²) in [6.45, 7) is 7.50. The van der Waals surface area contributed by atoms with Gasteiger partial charge in [0.15, 0.2) is 23.3 Å². The first-order valence-corrected chi connectivity index (χ1v) is 11.9. The number of anilines is 3. The molecule has 1 aliphatic carbocycles. The van der Waals surface area contributed by atoms with Crippen molar-refractivity contribution in [2.75, 3.05) is 31.0 Å². The van der Waals surface area contributed by atoms with Crippen LogP contribution in [0.25, 0.3) is 0 Å². The van der Waals surface area contributed by atoms with Crippen LogP contribution in [-0.2, 0) is 9.47 Å². The molecule has 0 unspecified atom stereocenters. The fourth-order valence-electron chi connectivity index (χ4n) is 3.58. The number of methoxy groups -OCH3 is 1. The van der Waals surface area contributed by atoms with E-state index in [1.165, 1.54) is 13.3 Å². The van der Waals surface area contributed by atoms with Crippen molar-refractivity contribution >= 4 is 23.4 Å². The van der Waals surface area contributed by atoms with E-state index in [-0.39, 0.29) is 53.9 Å². The molecule has 37 heavy (non-hydrogen) atoms. The average molecular weight is 519 g/mol. The van der Waals surface area contributed by atoms with E-state index in [0.717, 1.165) is 25.0 Å². The lowest BCUT2D eigenvalue weighted by molar-refractivity contribution is 0.0501. The van der Waals surface area contributed by atoms with Crippen molar-refractivity contribution < 1.29 is 27.8 Å². The third kappa shape index (κ3) is 8.15. The number of rotatable bonds is 11. The van der Waals surface area contributed by atoms with Gasteiger partial charge in [-0.3, -0.25) is 0 Å². The number of aromatic nitrogens is 2. The Kier molecular flexibility index (Phi) is 9.04. The van der Waals surface area contributed by atoms with Crippen LogP contribution in [0.1, 0.15) is 46.1 Å². The topological polar surface area (TPSA) is 130 Å². The number of pyridine rings is 2. The Hall–Kier alpha value is -3.72. The van der Waals surface area contributed by atoms with Gasteiger partial charge in [-0.2, -0.15) is 5.26 Å². The summed E-state index contributed by atoms with van der Waals surface area (Å²) in [6, 6.07) is 3.32. The molecule has 2 heterocycles. The van der Waals surface area contributed by atoms with Gasteiger partial charge in [-0.25, -0.2) is 23.5 Å². The van der Waals surface area contributed by atoms with E-state index >= 15 is 0 Å². The minimum absolute atomic E-state index is 0.0166. The van der Waals surface area contributed by atoms with Crippen molar-refractivity contribution in [1.29, 1.82) is 5.26 Å². The molecular weight excluding hydrogens is 486 g/mol. The van der Waals surface area contributed by atoms with Crippen LogP contribution in [0.15, 0.2) is 18.3 Å². The number of hydrogen-bond donors (Lipinski definition) is 3. The molecule has 3 N–H and O–H groups in total. The standard InChI is InChI=1S/C25H32F2N6O4/c1-14(30-24(34)37-25(2,3)4)20(15-6-7-15)32-22-18(26)10-16(12-28)21(33-22)31-17-11-19(27)23(29-13-17)36-9-8-35-5/h10-11,13-15,20H,6-9H2,1-5H3,(H,30,34)(H2,31,32,33)/t14-,20-/m0/s1. The largest absolute Gasteiger partial charge is 0.473 e. The zero-order valence-corrected chi connectivity index (χ0v) is 21.5. The highest BCUT2D eigenvalue weighted by Gasteiger charge is 2.37. The molecule has 200 valence electrons. The summed E-state index contributed by atoms with van der Waals surface area (Å²) in [7, 11) is 1.50. The Morgan fingerprint density at radius 3 is 2.54 bits per heavy atom. The monoisotopic (exact) mass is 518 g/mol. The van der Waals surface area contributed by atoms with Crippen molar-refractivity contribution in [2.45, 2.75) is 58.2 Å². The van der Waals surface area contributed by atoms with Crippen molar-refractivity contribution in [2.24, 2.45) is 5.92 Å². The lowest BCUT2D eigenvalue weighted by atomic mass is 10.0. The maximum absolute atomic E-state index is 14.9. The number of carbonyl (C=O) groups excluding carboxylic acids is 1. The smallest absolute Gasteiger partial charge is 0.407 e. The highest BCUT2D eigenvalue weighted by Crippen LogP contribution is 2.36. The number of amides is 1. The second-order valence-electron chi connectivity index (χ2n) is 9.75. The second kappa shape index (κ2) is 12.0.